The van der Waals surface area contributed by atoms with Crippen molar-refractivity contribution in [1.82, 2.24) is 4.98 Å². The van der Waals surface area contributed by atoms with Crippen LogP contribution in [0, 0.1) is 27.7 Å². The van der Waals surface area contributed by atoms with E-state index >= 15 is 0 Å². The molecular formula is C28H25NOS. The summed E-state index contributed by atoms with van der Waals surface area (Å²) in [4.78, 5) is 6.14. The summed E-state index contributed by atoms with van der Waals surface area (Å²) in [5, 5.41) is 13.5. The van der Waals surface area contributed by atoms with Crippen LogP contribution in [0.1, 0.15) is 44.0 Å². The van der Waals surface area contributed by atoms with E-state index in [2.05, 4.69) is 64.1 Å². The molecule has 5 rings (SSSR count). The Bertz CT molecular complexity index is 1310. The number of thiazole rings is 1. The molecule has 1 N–H and O–H groups in total. The first-order valence-electron chi connectivity index (χ1n) is 10.5. The van der Waals surface area contributed by atoms with Crippen LogP contribution in [0.4, 0.5) is 0 Å². The second-order valence-corrected chi connectivity index (χ2v) is 9.62. The van der Waals surface area contributed by atoms with E-state index in [0.29, 0.717) is 0 Å². The second kappa shape index (κ2) is 7.30. The number of nitrogens with zero attached hydrogens (tertiary/aromatic N) is 1. The highest BCUT2D eigenvalue weighted by Crippen LogP contribution is 2.52. The van der Waals surface area contributed by atoms with Crippen molar-refractivity contribution >= 4 is 23.0 Å². The van der Waals surface area contributed by atoms with Crippen LogP contribution in [0.15, 0.2) is 66.7 Å². The van der Waals surface area contributed by atoms with Gasteiger partial charge in [-0.15, -0.1) is 11.3 Å². The summed E-state index contributed by atoms with van der Waals surface area (Å²) in [6.07, 6.45) is 2.12. The minimum atomic E-state index is -1.23. The molecule has 1 heterocycles. The van der Waals surface area contributed by atoms with E-state index in [1.54, 1.807) is 11.3 Å². The van der Waals surface area contributed by atoms with Crippen molar-refractivity contribution in [3.8, 4) is 10.6 Å². The summed E-state index contributed by atoms with van der Waals surface area (Å²) < 4.78 is 0. The molecule has 0 saturated carbocycles. The highest BCUT2D eigenvalue weighted by atomic mass is 32.1. The summed E-state index contributed by atoms with van der Waals surface area (Å²) >= 11 is 1.68. The number of fused-ring (bicyclic) bond motifs is 1. The van der Waals surface area contributed by atoms with Gasteiger partial charge in [0, 0.05) is 16.0 Å². The Morgan fingerprint density at radius 1 is 0.839 bits per heavy atom. The molecule has 2 nitrogen and oxygen atoms in total. The third-order valence-corrected chi connectivity index (χ3v) is 7.17. The van der Waals surface area contributed by atoms with E-state index < -0.39 is 5.60 Å². The molecule has 0 aliphatic heterocycles. The number of aryl methyl sites for hydroxylation is 4. The highest BCUT2D eigenvalue weighted by molar-refractivity contribution is 7.15. The monoisotopic (exact) mass is 423 g/mol. The molecule has 3 aromatic carbocycles. The molecule has 0 spiro atoms. The lowest BCUT2D eigenvalue weighted by Crippen LogP contribution is -2.29. The van der Waals surface area contributed by atoms with Gasteiger partial charge < -0.3 is 5.11 Å². The second-order valence-electron chi connectivity index (χ2n) is 8.42. The minimum Gasteiger partial charge on any atom is -0.376 e. The van der Waals surface area contributed by atoms with Gasteiger partial charge in [-0.1, -0.05) is 72.3 Å². The molecule has 1 atom stereocenters. The van der Waals surface area contributed by atoms with Gasteiger partial charge in [0.15, 0.2) is 0 Å². The molecule has 4 aromatic rings. The van der Waals surface area contributed by atoms with E-state index in [1.807, 2.05) is 36.4 Å². The lowest BCUT2D eigenvalue weighted by atomic mass is 9.77. The summed E-state index contributed by atoms with van der Waals surface area (Å²) in [7, 11) is 0. The first kappa shape index (κ1) is 19.9. The van der Waals surface area contributed by atoms with Crippen LogP contribution in [-0.2, 0) is 5.60 Å². The Balaban J connectivity index is 1.76. The lowest BCUT2D eigenvalue weighted by Gasteiger charge is -2.32. The Morgan fingerprint density at radius 2 is 1.48 bits per heavy atom. The smallest absolute Gasteiger partial charge is 0.143 e. The number of hydrogen-bond acceptors (Lipinski definition) is 3. The van der Waals surface area contributed by atoms with Crippen LogP contribution in [0.3, 0.4) is 0 Å². The molecule has 0 saturated heterocycles. The zero-order valence-electron chi connectivity index (χ0n) is 18.2. The molecule has 0 bridgehead atoms. The average molecular weight is 424 g/mol. The van der Waals surface area contributed by atoms with E-state index in [9.17, 15) is 5.11 Å². The van der Waals surface area contributed by atoms with Crippen LogP contribution in [-0.4, -0.2) is 10.1 Å². The third kappa shape index (κ3) is 3.08. The van der Waals surface area contributed by atoms with Gasteiger partial charge in [-0.05, 0) is 61.6 Å². The fourth-order valence-electron chi connectivity index (χ4n) is 4.97. The molecule has 0 unspecified atom stereocenters. The fraction of sp³-hybridized carbons (Fsp3) is 0.179. The average Bonchev–Trinajstić information content (AvgIpc) is 3.26. The Hall–Kier alpha value is -3.01. The summed E-state index contributed by atoms with van der Waals surface area (Å²) in [5.41, 5.74) is 7.94. The van der Waals surface area contributed by atoms with Gasteiger partial charge in [-0.3, -0.25) is 0 Å². The summed E-state index contributed by atoms with van der Waals surface area (Å²) in [6, 6.07) is 22.7. The molecule has 3 heteroatoms. The van der Waals surface area contributed by atoms with E-state index in [1.165, 1.54) is 5.56 Å². The van der Waals surface area contributed by atoms with Crippen molar-refractivity contribution in [2.75, 3.05) is 0 Å². The van der Waals surface area contributed by atoms with Crippen molar-refractivity contribution in [2.24, 2.45) is 0 Å². The Labute approximate surface area is 187 Å². The molecule has 0 amide bonds. The van der Waals surface area contributed by atoms with Crippen molar-refractivity contribution < 1.29 is 5.11 Å². The van der Waals surface area contributed by atoms with Gasteiger partial charge >= 0.3 is 0 Å². The summed E-state index contributed by atoms with van der Waals surface area (Å²) in [6.45, 7) is 8.38. The number of aliphatic hydroxyl groups is 1. The first-order chi connectivity index (χ1) is 14.9. The predicted molar refractivity (Wildman–Crippen MR) is 130 cm³/mol. The SMILES string of the molecule is Cc1cc(C)c([C@@]2(O)C(c3nc(-c4ccccc4)sc3C)=Cc3ccccc32)c(C)c1. The quantitative estimate of drug-likeness (QED) is 0.391. The maximum Gasteiger partial charge on any atom is 0.143 e. The maximum absolute atomic E-state index is 12.5. The van der Waals surface area contributed by atoms with Crippen LogP contribution in [0.25, 0.3) is 22.2 Å². The summed E-state index contributed by atoms with van der Waals surface area (Å²) in [5.74, 6) is 0. The van der Waals surface area contributed by atoms with Gasteiger partial charge in [0.25, 0.3) is 0 Å². The van der Waals surface area contributed by atoms with Crippen LogP contribution >= 0.6 is 11.3 Å². The predicted octanol–water partition coefficient (Wildman–Crippen LogP) is 6.83. The number of rotatable bonds is 3. The normalized spacial score (nSPS) is 17.5. The molecule has 0 fully saturated rings. The maximum atomic E-state index is 12.5. The van der Waals surface area contributed by atoms with Gasteiger partial charge in [0.2, 0.25) is 0 Å². The minimum absolute atomic E-state index is 0.861. The standard InChI is InChI=1S/C28H25NOS/c1-17-14-18(2)25(19(3)15-17)28(30)23-13-9-8-12-22(23)16-24(28)26-20(4)31-27(29-26)21-10-6-5-7-11-21/h5-16,30H,1-4H3/t28-/m0/s1. The largest absolute Gasteiger partial charge is 0.376 e. The number of benzene rings is 3. The van der Waals surface area contributed by atoms with Gasteiger partial charge in [-0.2, -0.15) is 0 Å². The molecule has 1 aromatic heterocycles. The zero-order chi connectivity index (χ0) is 21.8. The van der Waals surface area contributed by atoms with Gasteiger partial charge in [0.1, 0.15) is 10.6 Å². The van der Waals surface area contributed by atoms with Crippen molar-refractivity contribution in [1.29, 1.82) is 0 Å². The number of aromatic nitrogens is 1. The first-order valence-corrected chi connectivity index (χ1v) is 11.4. The van der Waals surface area contributed by atoms with Crippen LogP contribution in [0.5, 0.6) is 0 Å². The fourth-order valence-corrected chi connectivity index (χ4v) is 5.90. The van der Waals surface area contributed by atoms with Crippen LogP contribution < -0.4 is 0 Å². The molecule has 1 aliphatic rings. The topological polar surface area (TPSA) is 33.1 Å². The Morgan fingerprint density at radius 3 is 2.19 bits per heavy atom. The molecule has 0 radical (unpaired) electrons. The third-order valence-electron chi connectivity index (χ3n) is 6.15. The van der Waals surface area contributed by atoms with E-state index in [0.717, 1.165) is 54.5 Å². The molecule has 1 aliphatic carbocycles. The zero-order valence-corrected chi connectivity index (χ0v) is 19.0. The lowest BCUT2D eigenvalue weighted by molar-refractivity contribution is 0.146. The molecule has 31 heavy (non-hydrogen) atoms. The highest BCUT2D eigenvalue weighted by Gasteiger charge is 2.45. The van der Waals surface area contributed by atoms with E-state index in [4.69, 9.17) is 4.98 Å². The van der Waals surface area contributed by atoms with Gasteiger partial charge in [-0.25, -0.2) is 4.98 Å². The molecular weight excluding hydrogens is 398 g/mol. The Kier molecular flexibility index (Phi) is 4.69. The van der Waals surface area contributed by atoms with Crippen molar-refractivity contribution in [2.45, 2.75) is 33.3 Å². The van der Waals surface area contributed by atoms with Crippen molar-refractivity contribution in [3.63, 3.8) is 0 Å². The van der Waals surface area contributed by atoms with E-state index in [-0.39, 0.29) is 0 Å². The van der Waals surface area contributed by atoms with Gasteiger partial charge in [0.05, 0.1) is 5.69 Å². The molecule has 154 valence electrons. The number of hydrogen-bond donors (Lipinski definition) is 1. The van der Waals surface area contributed by atoms with Crippen LogP contribution in [0.2, 0.25) is 0 Å². The van der Waals surface area contributed by atoms with Crippen molar-refractivity contribution in [3.05, 3.63) is 111 Å².